The minimum Gasteiger partial charge on any atom is -0.496 e. The zero-order valence-electron chi connectivity index (χ0n) is 11.2. The first-order valence-corrected chi connectivity index (χ1v) is 5.80. The predicted molar refractivity (Wildman–Crippen MR) is 67.2 cm³/mol. The van der Waals surface area contributed by atoms with Gasteiger partial charge < -0.3 is 4.74 Å². The summed E-state index contributed by atoms with van der Waals surface area (Å²) in [5, 5.41) is 0.376. The largest absolute Gasteiger partial charge is 0.496 e. The molecule has 0 N–H and O–H groups in total. The van der Waals surface area contributed by atoms with E-state index < -0.39 is 11.7 Å². The van der Waals surface area contributed by atoms with Crippen LogP contribution in [-0.4, -0.2) is 17.1 Å². The van der Waals surface area contributed by atoms with Crippen molar-refractivity contribution < 1.29 is 17.9 Å². The van der Waals surface area contributed by atoms with Gasteiger partial charge in [0.05, 0.1) is 18.2 Å². The van der Waals surface area contributed by atoms with Crippen LogP contribution in [-0.2, 0) is 6.18 Å². The Morgan fingerprint density at radius 2 is 1.74 bits per heavy atom. The number of halogens is 3. The molecule has 0 saturated heterocycles. The first-order valence-electron chi connectivity index (χ1n) is 5.80. The van der Waals surface area contributed by atoms with Gasteiger partial charge in [0, 0.05) is 17.1 Å². The number of methoxy groups -OCH3 is 1. The van der Waals surface area contributed by atoms with Crippen LogP contribution in [0.3, 0.4) is 0 Å². The molecule has 0 aliphatic rings. The number of hydrogen-bond donors (Lipinski definition) is 0. The van der Waals surface area contributed by atoms with Gasteiger partial charge in [-0.15, -0.1) is 0 Å². The smallest absolute Gasteiger partial charge is 0.419 e. The maximum Gasteiger partial charge on any atom is 0.419 e. The minimum atomic E-state index is -4.46. The van der Waals surface area contributed by atoms with Crippen LogP contribution >= 0.6 is 0 Å². The van der Waals surface area contributed by atoms with Gasteiger partial charge in [-0.25, -0.2) is 9.97 Å². The molecule has 104 valence electrons. The molecule has 19 heavy (non-hydrogen) atoms. The second-order valence-corrected chi connectivity index (χ2v) is 3.53. The number of fused-ring (bicyclic) bond motifs is 1. The number of aromatic nitrogens is 2. The van der Waals surface area contributed by atoms with E-state index in [1.54, 1.807) is 6.92 Å². The van der Waals surface area contributed by atoms with Crippen molar-refractivity contribution in [1.29, 1.82) is 0 Å². The van der Waals surface area contributed by atoms with Gasteiger partial charge in [-0.3, -0.25) is 0 Å². The van der Waals surface area contributed by atoms with Gasteiger partial charge in [-0.1, -0.05) is 13.8 Å². The van der Waals surface area contributed by atoms with Crippen molar-refractivity contribution in [3.05, 3.63) is 29.7 Å². The first-order chi connectivity index (χ1) is 8.93. The number of hydrogen-bond acceptors (Lipinski definition) is 3. The summed E-state index contributed by atoms with van der Waals surface area (Å²) in [7, 11) is 1.20. The molecule has 0 bridgehead atoms. The first kappa shape index (κ1) is 15.2. The lowest BCUT2D eigenvalue weighted by molar-refractivity contribution is -0.138. The van der Waals surface area contributed by atoms with E-state index in [1.807, 2.05) is 13.8 Å². The van der Waals surface area contributed by atoms with Crippen LogP contribution in [0.15, 0.2) is 18.5 Å². The summed E-state index contributed by atoms with van der Waals surface area (Å²) >= 11 is 0. The zero-order chi connectivity index (χ0) is 14.6. The normalized spacial score (nSPS) is 10.9. The molecule has 1 heterocycles. The van der Waals surface area contributed by atoms with Gasteiger partial charge in [-0.2, -0.15) is 13.2 Å². The number of alkyl halides is 3. The highest BCUT2D eigenvalue weighted by Crippen LogP contribution is 2.38. The van der Waals surface area contributed by atoms with E-state index in [0.29, 0.717) is 16.6 Å². The lowest BCUT2D eigenvalue weighted by Crippen LogP contribution is -2.08. The van der Waals surface area contributed by atoms with Crippen LogP contribution in [0, 0.1) is 6.92 Å². The number of ether oxygens (including phenoxy) is 1. The second kappa shape index (κ2) is 5.86. The van der Waals surface area contributed by atoms with Gasteiger partial charge in [0.1, 0.15) is 12.1 Å². The Morgan fingerprint density at radius 1 is 1.11 bits per heavy atom. The van der Waals surface area contributed by atoms with Gasteiger partial charge in [-0.05, 0) is 13.0 Å². The summed E-state index contributed by atoms with van der Waals surface area (Å²) in [6.45, 7) is 5.64. The number of nitrogens with zero attached hydrogens (tertiary/aromatic N) is 2. The number of benzene rings is 1. The van der Waals surface area contributed by atoms with Gasteiger partial charge in [0.15, 0.2) is 0 Å². The lowest BCUT2D eigenvalue weighted by Gasteiger charge is -2.13. The van der Waals surface area contributed by atoms with Gasteiger partial charge >= 0.3 is 6.18 Å². The highest BCUT2D eigenvalue weighted by molar-refractivity contribution is 5.83. The molecule has 2 rings (SSSR count). The summed E-state index contributed by atoms with van der Waals surface area (Å²) in [4.78, 5) is 7.78. The minimum absolute atomic E-state index is 0.233. The van der Waals surface area contributed by atoms with Crippen molar-refractivity contribution in [2.24, 2.45) is 0 Å². The highest BCUT2D eigenvalue weighted by atomic mass is 19.4. The summed E-state index contributed by atoms with van der Waals surface area (Å²) in [5.74, 6) is -0.233. The lowest BCUT2D eigenvalue weighted by atomic mass is 10.1. The molecule has 0 spiro atoms. The van der Waals surface area contributed by atoms with Gasteiger partial charge in [0.2, 0.25) is 0 Å². The van der Waals surface area contributed by atoms with Gasteiger partial charge in [0.25, 0.3) is 0 Å². The van der Waals surface area contributed by atoms with Crippen LogP contribution in [0.4, 0.5) is 13.2 Å². The van der Waals surface area contributed by atoms with Crippen LogP contribution in [0.1, 0.15) is 25.1 Å². The molecule has 0 aliphatic heterocycles. The molecule has 1 aromatic carbocycles. The Morgan fingerprint density at radius 3 is 2.26 bits per heavy atom. The fraction of sp³-hybridized carbons (Fsp3) is 0.385. The molecule has 0 unspecified atom stereocenters. The molecule has 1 aromatic heterocycles. The predicted octanol–water partition coefficient (Wildman–Crippen LogP) is 3.99. The summed E-state index contributed by atoms with van der Waals surface area (Å²) in [6, 6.07) is 2.29. The van der Waals surface area contributed by atoms with Crippen molar-refractivity contribution in [1.82, 2.24) is 9.97 Å². The van der Waals surface area contributed by atoms with Crippen LogP contribution in [0.25, 0.3) is 10.9 Å². The summed E-state index contributed by atoms with van der Waals surface area (Å²) < 4.78 is 43.1. The molecule has 0 amide bonds. The van der Waals surface area contributed by atoms with Crippen molar-refractivity contribution >= 4 is 10.9 Å². The second-order valence-electron chi connectivity index (χ2n) is 3.53. The maximum atomic E-state index is 12.8. The van der Waals surface area contributed by atoms with E-state index in [9.17, 15) is 13.2 Å². The molecule has 0 radical (unpaired) electrons. The average molecular weight is 272 g/mol. The van der Waals surface area contributed by atoms with E-state index >= 15 is 0 Å². The Bertz CT molecular complexity index is 568. The van der Waals surface area contributed by atoms with Crippen LogP contribution in [0.2, 0.25) is 0 Å². The zero-order valence-corrected chi connectivity index (χ0v) is 11.2. The monoisotopic (exact) mass is 272 g/mol. The molecule has 6 heteroatoms. The third-order valence-electron chi connectivity index (χ3n) is 2.46. The fourth-order valence-corrected chi connectivity index (χ4v) is 1.60. The average Bonchev–Trinajstić information content (AvgIpc) is 2.39. The topological polar surface area (TPSA) is 35.0 Å². The highest BCUT2D eigenvalue weighted by Gasteiger charge is 2.34. The van der Waals surface area contributed by atoms with Crippen LogP contribution in [0.5, 0.6) is 5.75 Å². The molecule has 0 aliphatic carbocycles. The van der Waals surface area contributed by atoms with E-state index in [4.69, 9.17) is 4.74 Å². The fourth-order valence-electron chi connectivity index (χ4n) is 1.60. The Balaban J connectivity index is 0.000000861. The summed E-state index contributed by atoms with van der Waals surface area (Å²) in [5.41, 5.74) is 0.121. The Labute approximate surface area is 109 Å². The van der Waals surface area contributed by atoms with Crippen molar-refractivity contribution in [2.75, 3.05) is 7.11 Å². The maximum absolute atomic E-state index is 12.8. The molecule has 3 nitrogen and oxygen atoms in total. The van der Waals surface area contributed by atoms with Crippen LogP contribution < -0.4 is 4.74 Å². The third kappa shape index (κ3) is 3.13. The number of rotatable bonds is 1. The molecular weight excluding hydrogens is 257 g/mol. The van der Waals surface area contributed by atoms with E-state index in [2.05, 4.69) is 9.97 Å². The quantitative estimate of drug-likeness (QED) is 0.787. The van der Waals surface area contributed by atoms with E-state index in [-0.39, 0.29) is 5.75 Å². The van der Waals surface area contributed by atoms with E-state index in [0.717, 1.165) is 6.07 Å². The number of aryl methyl sites for hydroxylation is 1. The standard InChI is InChI=1S/C11H9F3N2O.C2H6/c1-6-7-3-8(11(12,13)14)10(17-2)4-9(7)16-5-15-6;1-2/h3-5H,1-2H3;1-2H3. The SMILES string of the molecule is CC.COc1cc2ncnc(C)c2cc1C(F)(F)F. The third-order valence-corrected chi connectivity index (χ3v) is 2.46. The molecule has 0 atom stereocenters. The van der Waals surface area contributed by atoms with E-state index in [1.165, 1.54) is 19.5 Å². The summed E-state index contributed by atoms with van der Waals surface area (Å²) in [6.07, 6.45) is -3.15. The molecule has 0 fully saturated rings. The molecular formula is C13H15F3N2O. The molecule has 2 aromatic rings. The van der Waals surface area contributed by atoms with Crippen molar-refractivity contribution in [3.8, 4) is 5.75 Å². The Hall–Kier alpha value is -1.85. The Kier molecular flexibility index (Phi) is 4.69. The van der Waals surface area contributed by atoms with Crippen molar-refractivity contribution in [3.63, 3.8) is 0 Å². The van der Waals surface area contributed by atoms with Crippen molar-refractivity contribution in [2.45, 2.75) is 26.9 Å². The molecule has 0 saturated carbocycles.